The van der Waals surface area contributed by atoms with Crippen molar-refractivity contribution in [2.75, 3.05) is 0 Å². The van der Waals surface area contributed by atoms with Crippen LogP contribution in [0.3, 0.4) is 0 Å². The molecule has 122 valence electrons. The molecule has 0 amide bonds. The molecule has 1 aliphatic heterocycles. The first kappa shape index (κ1) is 15.5. The molecule has 3 aliphatic rings. The Labute approximate surface area is 130 Å². The van der Waals surface area contributed by atoms with Gasteiger partial charge in [0.2, 0.25) is 0 Å². The van der Waals surface area contributed by atoms with Crippen molar-refractivity contribution in [3.05, 3.63) is 11.1 Å². The van der Waals surface area contributed by atoms with Crippen LogP contribution in [-0.4, -0.2) is 34.9 Å². The van der Waals surface area contributed by atoms with E-state index in [9.17, 15) is 14.7 Å². The van der Waals surface area contributed by atoms with E-state index in [1.807, 2.05) is 20.8 Å². The van der Waals surface area contributed by atoms with Crippen molar-refractivity contribution < 1.29 is 24.2 Å². The number of hydrogen-bond acceptors (Lipinski definition) is 5. The van der Waals surface area contributed by atoms with Crippen LogP contribution in [0.25, 0.3) is 0 Å². The molecule has 0 aromatic heterocycles. The highest BCUT2D eigenvalue weighted by atomic mass is 16.6. The largest absolute Gasteiger partial charge is 0.459 e. The maximum Gasteiger partial charge on any atom is 0.309 e. The second kappa shape index (κ2) is 5.08. The van der Waals surface area contributed by atoms with Crippen molar-refractivity contribution >= 4 is 11.9 Å². The quantitative estimate of drug-likeness (QED) is 0.592. The summed E-state index contributed by atoms with van der Waals surface area (Å²) in [4.78, 5) is 23.5. The van der Waals surface area contributed by atoms with Crippen LogP contribution in [0.4, 0.5) is 0 Å². The number of carbonyl (C=O) groups is 2. The van der Waals surface area contributed by atoms with E-state index in [4.69, 9.17) is 9.47 Å². The van der Waals surface area contributed by atoms with E-state index in [1.165, 1.54) is 6.92 Å². The van der Waals surface area contributed by atoms with Gasteiger partial charge in [0.25, 0.3) is 0 Å². The standard InChI is InChI=1S/C17H24O5/c1-8-11-5-6-17(4,22-10(3)18)12-7-13(19)9(2)14(12)15(11)21-16(8)20/h8,11-13,15,19H,5-7H2,1-4H3/t8-,11-,12+,13-,15-,17+/m0/s1. The average Bonchev–Trinajstić information content (AvgIpc) is 2.82. The van der Waals surface area contributed by atoms with Gasteiger partial charge in [-0.1, -0.05) is 6.92 Å². The normalized spacial score (nSPS) is 44.2. The summed E-state index contributed by atoms with van der Waals surface area (Å²) in [6, 6.07) is 0. The molecule has 1 saturated heterocycles. The van der Waals surface area contributed by atoms with Crippen molar-refractivity contribution in [3.8, 4) is 0 Å². The zero-order valence-electron chi connectivity index (χ0n) is 13.6. The molecule has 0 bridgehead atoms. The second-order valence-electron chi connectivity index (χ2n) is 7.20. The number of ether oxygens (including phenoxy) is 2. The van der Waals surface area contributed by atoms with Crippen LogP contribution in [0.15, 0.2) is 11.1 Å². The second-order valence-corrected chi connectivity index (χ2v) is 7.20. The number of fused-ring (bicyclic) bond motifs is 3. The molecular weight excluding hydrogens is 284 g/mol. The lowest BCUT2D eigenvalue weighted by Gasteiger charge is -2.35. The van der Waals surface area contributed by atoms with E-state index in [-0.39, 0.29) is 35.8 Å². The van der Waals surface area contributed by atoms with Gasteiger partial charge < -0.3 is 14.6 Å². The third kappa shape index (κ3) is 2.18. The van der Waals surface area contributed by atoms with Crippen LogP contribution >= 0.6 is 0 Å². The zero-order valence-corrected chi connectivity index (χ0v) is 13.6. The number of rotatable bonds is 1. The Morgan fingerprint density at radius 3 is 2.77 bits per heavy atom. The Balaban J connectivity index is 2.05. The Kier molecular flexibility index (Phi) is 3.59. The van der Waals surface area contributed by atoms with E-state index < -0.39 is 11.7 Å². The number of aliphatic hydroxyl groups is 1. The number of carbonyl (C=O) groups excluding carboxylic acids is 2. The van der Waals surface area contributed by atoms with Gasteiger partial charge in [-0.15, -0.1) is 0 Å². The Morgan fingerprint density at radius 1 is 1.45 bits per heavy atom. The molecule has 1 N–H and O–H groups in total. The molecule has 5 nitrogen and oxygen atoms in total. The molecule has 0 spiro atoms. The maximum atomic E-state index is 12.0. The molecule has 1 heterocycles. The lowest BCUT2D eigenvalue weighted by molar-refractivity contribution is -0.161. The smallest absolute Gasteiger partial charge is 0.309 e. The predicted molar refractivity (Wildman–Crippen MR) is 78.8 cm³/mol. The molecule has 1 saturated carbocycles. The Hall–Kier alpha value is -1.36. The van der Waals surface area contributed by atoms with Gasteiger partial charge in [-0.25, -0.2) is 0 Å². The zero-order chi connectivity index (χ0) is 16.2. The number of hydrogen-bond donors (Lipinski definition) is 1. The molecule has 0 aromatic rings. The van der Waals surface area contributed by atoms with Crippen LogP contribution in [0.5, 0.6) is 0 Å². The first-order chi connectivity index (χ1) is 10.2. The highest BCUT2D eigenvalue weighted by Gasteiger charge is 2.56. The first-order valence-electron chi connectivity index (χ1n) is 8.03. The van der Waals surface area contributed by atoms with Gasteiger partial charge in [-0.05, 0) is 44.3 Å². The van der Waals surface area contributed by atoms with Gasteiger partial charge in [0, 0.05) is 18.8 Å². The Bertz CT molecular complexity index is 551. The van der Waals surface area contributed by atoms with E-state index in [0.717, 1.165) is 17.6 Å². The van der Waals surface area contributed by atoms with Gasteiger partial charge in [-0.2, -0.15) is 0 Å². The fourth-order valence-electron chi connectivity index (χ4n) is 4.53. The van der Waals surface area contributed by atoms with Crippen LogP contribution < -0.4 is 0 Å². The Morgan fingerprint density at radius 2 is 2.14 bits per heavy atom. The summed E-state index contributed by atoms with van der Waals surface area (Å²) >= 11 is 0. The summed E-state index contributed by atoms with van der Waals surface area (Å²) in [6.07, 6.45) is 1.17. The molecule has 2 fully saturated rings. The topological polar surface area (TPSA) is 72.8 Å². The minimum absolute atomic E-state index is 0.0838. The molecule has 5 heteroatoms. The average molecular weight is 308 g/mol. The summed E-state index contributed by atoms with van der Waals surface area (Å²) in [5.74, 6) is -0.602. The predicted octanol–water partition coefficient (Wildman–Crippen LogP) is 1.98. The fraction of sp³-hybridized carbons (Fsp3) is 0.765. The summed E-state index contributed by atoms with van der Waals surface area (Å²) in [5, 5.41) is 10.3. The third-order valence-electron chi connectivity index (χ3n) is 5.83. The fourth-order valence-corrected chi connectivity index (χ4v) is 4.53. The van der Waals surface area contributed by atoms with Crippen LogP contribution in [0, 0.1) is 17.8 Å². The van der Waals surface area contributed by atoms with Gasteiger partial charge in [0.05, 0.1) is 12.0 Å². The maximum absolute atomic E-state index is 12.0. The highest BCUT2D eigenvalue weighted by molar-refractivity contribution is 5.75. The van der Waals surface area contributed by atoms with Gasteiger partial charge >= 0.3 is 11.9 Å². The first-order valence-corrected chi connectivity index (χ1v) is 8.03. The molecule has 3 rings (SSSR count). The molecular formula is C17H24O5. The summed E-state index contributed by atoms with van der Waals surface area (Å²) in [7, 11) is 0. The molecule has 0 radical (unpaired) electrons. The van der Waals surface area contributed by atoms with Crippen molar-refractivity contribution in [3.63, 3.8) is 0 Å². The van der Waals surface area contributed by atoms with Crippen molar-refractivity contribution in [2.45, 2.75) is 64.8 Å². The summed E-state index contributed by atoms with van der Waals surface area (Å²) in [5.41, 5.74) is 1.22. The van der Waals surface area contributed by atoms with Crippen molar-refractivity contribution in [1.29, 1.82) is 0 Å². The summed E-state index contributed by atoms with van der Waals surface area (Å²) in [6.45, 7) is 7.16. The lowest BCUT2D eigenvalue weighted by atomic mass is 9.81. The van der Waals surface area contributed by atoms with Gasteiger partial charge in [-0.3, -0.25) is 9.59 Å². The van der Waals surface area contributed by atoms with E-state index in [1.54, 1.807) is 0 Å². The molecule has 0 unspecified atom stereocenters. The van der Waals surface area contributed by atoms with Crippen LogP contribution in [0.1, 0.15) is 47.0 Å². The van der Waals surface area contributed by atoms with E-state index in [0.29, 0.717) is 12.8 Å². The van der Waals surface area contributed by atoms with Gasteiger partial charge in [0.1, 0.15) is 11.7 Å². The molecule has 6 atom stereocenters. The van der Waals surface area contributed by atoms with E-state index >= 15 is 0 Å². The van der Waals surface area contributed by atoms with Crippen LogP contribution in [-0.2, 0) is 19.1 Å². The van der Waals surface area contributed by atoms with Crippen LogP contribution in [0.2, 0.25) is 0 Å². The highest BCUT2D eigenvalue weighted by Crippen LogP contribution is 2.53. The molecule has 0 aromatic carbocycles. The SMILES string of the molecule is CC(=O)O[C@]1(C)CC[C@H]2[C@H](C)C(=O)O[C@@H]2C2=C(C)[C@@H](O)C[C@H]21. The monoisotopic (exact) mass is 308 g/mol. The number of esters is 2. The minimum atomic E-state index is -0.642. The number of aliphatic hydroxyl groups excluding tert-OH is 1. The van der Waals surface area contributed by atoms with Gasteiger partial charge in [0.15, 0.2) is 0 Å². The molecule has 2 aliphatic carbocycles. The van der Waals surface area contributed by atoms with E-state index in [2.05, 4.69) is 0 Å². The minimum Gasteiger partial charge on any atom is -0.459 e. The third-order valence-corrected chi connectivity index (χ3v) is 5.83. The summed E-state index contributed by atoms with van der Waals surface area (Å²) < 4.78 is 11.3. The van der Waals surface area contributed by atoms with Crippen molar-refractivity contribution in [1.82, 2.24) is 0 Å². The van der Waals surface area contributed by atoms with Crippen molar-refractivity contribution in [2.24, 2.45) is 17.8 Å². The molecule has 22 heavy (non-hydrogen) atoms. The lowest BCUT2D eigenvalue weighted by Crippen LogP contribution is -2.40.